The van der Waals surface area contributed by atoms with E-state index in [1.54, 1.807) is 0 Å². The Morgan fingerprint density at radius 3 is 2.81 bits per heavy atom. The molecule has 0 spiro atoms. The Labute approximate surface area is 94.5 Å². The van der Waals surface area contributed by atoms with E-state index in [1.165, 1.54) is 19.3 Å². The van der Waals surface area contributed by atoms with Crippen molar-refractivity contribution in [3.05, 3.63) is 0 Å². The second kappa shape index (κ2) is 7.12. The number of nitrogens with one attached hydrogen (secondary N) is 1. The zero-order valence-electron chi connectivity index (χ0n) is 9.48. The second-order valence-corrected chi connectivity index (χ2v) is 4.38. The van der Waals surface area contributed by atoms with Gasteiger partial charge in [0.2, 0.25) is 0 Å². The first-order chi connectivity index (χ1) is 7.58. The zero-order valence-corrected chi connectivity index (χ0v) is 9.48. The quantitative estimate of drug-likeness (QED) is 0.745. The van der Waals surface area contributed by atoms with Crippen molar-refractivity contribution in [1.29, 1.82) is 0 Å². The zero-order chi connectivity index (χ0) is 11.9. The number of halogens is 3. The molecule has 5 heteroatoms. The third kappa shape index (κ3) is 7.06. The van der Waals surface area contributed by atoms with Crippen LogP contribution in [0.4, 0.5) is 13.2 Å². The van der Waals surface area contributed by atoms with Crippen molar-refractivity contribution in [2.24, 2.45) is 5.92 Å². The van der Waals surface area contributed by atoms with E-state index in [1.807, 2.05) is 0 Å². The summed E-state index contributed by atoms with van der Waals surface area (Å²) in [5.74, 6) is 0.608. The molecule has 1 atom stereocenters. The first-order valence-corrected chi connectivity index (χ1v) is 5.93. The minimum Gasteiger partial charge on any atom is -0.372 e. The highest BCUT2D eigenvalue weighted by Crippen LogP contribution is 2.18. The lowest BCUT2D eigenvalue weighted by atomic mass is 9.98. The highest BCUT2D eigenvalue weighted by molar-refractivity contribution is 4.67. The average Bonchev–Trinajstić information content (AvgIpc) is 2.44. The van der Waals surface area contributed by atoms with Gasteiger partial charge in [-0.15, -0.1) is 0 Å². The van der Waals surface area contributed by atoms with Crippen molar-refractivity contribution in [1.82, 2.24) is 5.32 Å². The fraction of sp³-hybridized carbons (Fsp3) is 1.00. The van der Waals surface area contributed by atoms with E-state index >= 15 is 0 Å². The van der Waals surface area contributed by atoms with Crippen LogP contribution in [0.25, 0.3) is 0 Å². The maximum Gasteiger partial charge on any atom is 0.411 e. The number of alkyl halides is 3. The standard InChI is InChI=1S/C11H20F3NO/c12-11(13,14)9-16-7-3-5-10-4-1-2-6-15-8-10/h10,15H,1-9H2. The summed E-state index contributed by atoms with van der Waals surface area (Å²) in [6, 6.07) is 0. The monoisotopic (exact) mass is 239 g/mol. The third-order valence-corrected chi connectivity index (χ3v) is 2.82. The summed E-state index contributed by atoms with van der Waals surface area (Å²) in [6.45, 7) is 1.17. The molecule has 16 heavy (non-hydrogen) atoms. The van der Waals surface area contributed by atoms with E-state index in [-0.39, 0.29) is 6.61 Å². The molecule has 1 unspecified atom stereocenters. The predicted octanol–water partition coefficient (Wildman–Crippen LogP) is 2.74. The van der Waals surface area contributed by atoms with Crippen LogP contribution in [0.1, 0.15) is 32.1 Å². The highest BCUT2D eigenvalue weighted by atomic mass is 19.4. The van der Waals surface area contributed by atoms with Gasteiger partial charge in [-0.3, -0.25) is 0 Å². The van der Waals surface area contributed by atoms with Gasteiger partial charge < -0.3 is 10.1 Å². The van der Waals surface area contributed by atoms with Crippen LogP contribution in [0.3, 0.4) is 0 Å². The Bertz CT molecular complexity index is 177. The van der Waals surface area contributed by atoms with E-state index in [4.69, 9.17) is 0 Å². The van der Waals surface area contributed by atoms with Gasteiger partial charge >= 0.3 is 6.18 Å². The summed E-state index contributed by atoms with van der Waals surface area (Å²) in [5, 5.41) is 3.34. The fourth-order valence-electron chi connectivity index (χ4n) is 2.00. The summed E-state index contributed by atoms with van der Waals surface area (Å²) in [4.78, 5) is 0. The molecule has 1 aliphatic rings. The van der Waals surface area contributed by atoms with Crippen LogP contribution in [0.5, 0.6) is 0 Å². The van der Waals surface area contributed by atoms with Crippen molar-refractivity contribution in [3.8, 4) is 0 Å². The van der Waals surface area contributed by atoms with Gasteiger partial charge in [0.05, 0.1) is 0 Å². The highest BCUT2D eigenvalue weighted by Gasteiger charge is 2.27. The summed E-state index contributed by atoms with van der Waals surface area (Å²) < 4.78 is 39.8. The Balaban J connectivity index is 1.97. The van der Waals surface area contributed by atoms with Crippen LogP contribution in [0.15, 0.2) is 0 Å². The molecule has 0 radical (unpaired) electrons. The number of rotatable bonds is 5. The van der Waals surface area contributed by atoms with E-state index in [0.29, 0.717) is 5.92 Å². The lowest BCUT2D eigenvalue weighted by molar-refractivity contribution is -0.174. The van der Waals surface area contributed by atoms with Crippen LogP contribution >= 0.6 is 0 Å². The SMILES string of the molecule is FC(F)(F)COCCCC1CCCCNC1. The van der Waals surface area contributed by atoms with E-state index in [2.05, 4.69) is 10.1 Å². The van der Waals surface area contributed by atoms with E-state index < -0.39 is 12.8 Å². The van der Waals surface area contributed by atoms with Gasteiger partial charge in [0.25, 0.3) is 0 Å². The molecule has 0 aliphatic carbocycles. The summed E-state index contributed by atoms with van der Waals surface area (Å²) >= 11 is 0. The molecule has 2 nitrogen and oxygen atoms in total. The van der Waals surface area contributed by atoms with Gasteiger partial charge in [0.1, 0.15) is 6.61 Å². The Hall–Kier alpha value is -0.290. The summed E-state index contributed by atoms with van der Waals surface area (Å²) in [5.41, 5.74) is 0. The van der Waals surface area contributed by atoms with Gasteiger partial charge in [0, 0.05) is 6.61 Å². The topological polar surface area (TPSA) is 21.3 Å². The van der Waals surface area contributed by atoms with Gasteiger partial charge in [-0.2, -0.15) is 13.2 Å². The molecule has 0 saturated carbocycles. The molecule has 1 N–H and O–H groups in total. The second-order valence-electron chi connectivity index (χ2n) is 4.38. The Kier molecular flexibility index (Phi) is 6.13. The number of hydrogen-bond acceptors (Lipinski definition) is 2. The molecule has 1 rings (SSSR count). The maximum absolute atomic E-state index is 11.8. The van der Waals surface area contributed by atoms with Crippen LogP contribution in [-0.4, -0.2) is 32.5 Å². The smallest absolute Gasteiger partial charge is 0.372 e. The molecule has 96 valence electrons. The molecule has 0 aromatic carbocycles. The van der Waals surface area contributed by atoms with Crippen molar-refractivity contribution in [2.45, 2.75) is 38.3 Å². The molecule has 0 aromatic rings. The fourth-order valence-corrected chi connectivity index (χ4v) is 2.00. The largest absolute Gasteiger partial charge is 0.411 e. The molecule has 0 bridgehead atoms. The molecule has 1 heterocycles. The Morgan fingerprint density at radius 1 is 1.25 bits per heavy atom. The third-order valence-electron chi connectivity index (χ3n) is 2.82. The van der Waals surface area contributed by atoms with Crippen LogP contribution in [-0.2, 0) is 4.74 Å². The first kappa shape index (κ1) is 13.8. The van der Waals surface area contributed by atoms with Crippen molar-refractivity contribution in [3.63, 3.8) is 0 Å². The first-order valence-electron chi connectivity index (χ1n) is 5.93. The van der Waals surface area contributed by atoms with Crippen LogP contribution in [0.2, 0.25) is 0 Å². The lowest BCUT2D eigenvalue weighted by Gasteiger charge is -2.14. The minimum absolute atomic E-state index is 0.218. The molecule has 1 fully saturated rings. The van der Waals surface area contributed by atoms with Gasteiger partial charge in [-0.1, -0.05) is 6.42 Å². The van der Waals surface area contributed by atoms with Crippen molar-refractivity contribution in [2.75, 3.05) is 26.3 Å². The van der Waals surface area contributed by atoms with E-state index in [0.717, 1.165) is 25.9 Å². The maximum atomic E-state index is 11.8. The summed E-state index contributed by atoms with van der Waals surface area (Å²) in [6.07, 6.45) is 1.12. The van der Waals surface area contributed by atoms with Gasteiger partial charge in [-0.25, -0.2) is 0 Å². The number of hydrogen-bond donors (Lipinski definition) is 1. The molecule has 1 aliphatic heterocycles. The lowest BCUT2D eigenvalue weighted by Crippen LogP contribution is -2.21. The molecular weight excluding hydrogens is 219 g/mol. The number of ether oxygens (including phenoxy) is 1. The van der Waals surface area contributed by atoms with Crippen molar-refractivity contribution < 1.29 is 17.9 Å². The van der Waals surface area contributed by atoms with Crippen LogP contribution in [0, 0.1) is 5.92 Å². The molecule has 0 amide bonds. The van der Waals surface area contributed by atoms with Gasteiger partial charge in [-0.05, 0) is 44.7 Å². The van der Waals surface area contributed by atoms with Gasteiger partial charge in [0.15, 0.2) is 0 Å². The van der Waals surface area contributed by atoms with Crippen molar-refractivity contribution >= 4 is 0 Å². The van der Waals surface area contributed by atoms with E-state index in [9.17, 15) is 13.2 Å². The minimum atomic E-state index is -4.19. The Morgan fingerprint density at radius 2 is 2.06 bits per heavy atom. The average molecular weight is 239 g/mol. The van der Waals surface area contributed by atoms with Crippen LogP contribution < -0.4 is 5.32 Å². The normalized spacial score (nSPS) is 23.1. The molecular formula is C11H20F3NO. The predicted molar refractivity (Wildman–Crippen MR) is 56.3 cm³/mol. The molecule has 0 aromatic heterocycles. The molecule has 1 saturated heterocycles. The summed E-state index contributed by atoms with van der Waals surface area (Å²) in [7, 11) is 0.